The highest BCUT2D eigenvalue weighted by molar-refractivity contribution is 5.09. The molecular formula is C15H25N3. The number of rotatable bonds is 9. The van der Waals surface area contributed by atoms with Crippen LogP contribution in [0.25, 0.3) is 0 Å². The smallest absolute Gasteiger partial charge is 0.0270 e. The summed E-state index contributed by atoms with van der Waals surface area (Å²) in [4.78, 5) is 6.47. The Bertz CT molecular complexity index is 322. The molecule has 3 nitrogen and oxygen atoms in total. The van der Waals surface area contributed by atoms with Crippen LogP contribution < -0.4 is 5.32 Å². The van der Waals surface area contributed by atoms with E-state index >= 15 is 0 Å². The van der Waals surface area contributed by atoms with E-state index in [0.717, 1.165) is 19.0 Å². The number of aromatic nitrogens is 1. The van der Waals surface area contributed by atoms with E-state index < -0.39 is 0 Å². The van der Waals surface area contributed by atoms with Crippen molar-refractivity contribution in [2.75, 3.05) is 26.7 Å². The molecule has 1 aromatic heterocycles. The highest BCUT2D eigenvalue weighted by atomic mass is 15.1. The van der Waals surface area contributed by atoms with E-state index in [1.165, 1.54) is 44.3 Å². The first kappa shape index (κ1) is 13.5. The highest BCUT2D eigenvalue weighted by Crippen LogP contribution is 2.18. The van der Waals surface area contributed by atoms with Gasteiger partial charge < -0.3 is 10.2 Å². The quantitative estimate of drug-likeness (QED) is 0.677. The third-order valence-electron chi connectivity index (χ3n) is 3.51. The van der Waals surface area contributed by atoms with Crippen LogP contribution in [0.3, 0.4) is 0 Å². The largest absolute Gasteiger partial charge is 0.314 e. The lowest BCUT2D eigenvalue weighted by atomic mass is 10.2. The van der Waals surface area contributed by atoms with Crippen molar-refractivity contribution < 1.29 is 0 Å². The minimum Gasteiger partial charge on any atom is -0.314 e. The lowest BCUT2D eigenvalue weighted by molar-refractivity contribution is 0.329. The van der Waals surface area contributed by atoms with Crippen LogP contribution in [0.5, 0.6) is 0 Å². The molecule has 1 N–H and O–H groups in total. The monoisotopic (exact) mass is 247 g/mol. The normalized spacial score (nSPS) is 15.2. The Morgan fingerprint density at radius 1 is 1.22 bits per heavy atom. The zero-order chi connectivity index (χ0) is 12.6. The van der Waals surface area contributed by atoms with Crippen molar-refractivity contribution in [3.8, 4) is 0 Å². The highest BCUT2D eigenvalue weighted by Gasteiger charge is 2.19. The van der Waals surface area contributed by atoms with Gasteiger partial charge in [0.2, 0.25) is 0 Å². The fourth-order valence-corrected chi connectivity index (χ4v) is 2.08. The summed E-state index contributed by atoms with van der Waals surface area (Å²) in [6.45, 7) is 3.54. The molecule has 0 aromatic carbocycles. The Labute approximate surface area is 111 Å². The van der Waals surface area contributed by atoms with Crippen LogP contribution in [0.1, 0.15) is 31.2 Å². The standard InChI is InChI=1S/C15H25N3/c1-18(12-3-2-9-17-15-4-5-15)13-8-14-6-10-16-11-7-14/h6-7,10-11,15,17H,2-5,8-9,12-13H2,1H3. The van der Waals surface area contributed by atoms with Gasteiger partial charge in [0.05, 0.1) is 0 Å². The third-order valence-corrected chi connectivity index (χ3v) is 3.51. The maximum atomic E-state index is 4.04. The van der Waals surface area contributed by atoms with E-state index in [9.17, 15) is 0 Å². The maximum absolute atomic E-state index is 4.04. The van der Waals surface area contributed by atoms with Gasteiger partial charge in [0.25, 0.3) is 0 Å². The maximum Gasteiger partial charge on any atom is 0.0270 e. The van der Waals surface area contributed by atoms with Gasteiger partial charge in [-0.3, -0.25) is 4.98 Å². The molecule has 100 valence electrons. The van der Waals surface area contributed by atoms with Gasteiger partial charge in [-0.15, -0.1) is 0 Å². The zero-order valence-electron chi connectivity index (χ0n) is 11.4. The lowest BCUT2D eigenvalue weighted by Crippen LogP contribution is -2.24. The SMILES string of the molecule is CN(CCCCNC1CC1)CCc1ccncc1. The number of nitrogens with zero attached hydrogens (tertiary/aromatic N) is 2. The number of nitrogens with one attached hydrogen (secondary N) is 1. The molecule has 0 unspecified atom stereocenters. The number of likely N-dealkylation sites (N-methyl/N-ethyl adjacent to an activating group) is 1. The van der Waals surface area contributed by atoms with Crippen molar-refractivity contribution in [2.45, 2.75) is 38.1 Å². The molecule has 0 saturated heterocycles. The second kappa shape index (κ2) is 7.49. The topological polar surface area (TPSA) is 28.2 Å². The molecule has 3 heteroatoms. The fourth-order valence-electron chi connectivity index (χ4n) is 2.08. The molecule has 0 amide bonds. The van der Waals surface area contributed by atoms with E-state index in [1.807, 2.05) is 12.4 Å². The molecule has 0 atom stereocenters. The molecule has 18 heavy (non-hydrogen) atoms. The first-order chi connectivity index (χ1) is 8.84. The summed E-state index contributed by atoms with van der Waals surface area (Å²) >= 11 is 0. The summed E-state index contributed by atoms with van der Waals surface area (Å²) in [5.74, 6) is 0. The average Bonchev–Trinajstić information content (AvgIpc) is 3.21. The van der Waals surface area contributed by atoms with Gasteiger partial charge in [0.15, 0.2) is 0 Å². The third kappa shape index (κ3) is 5.61. The molecule has 0 spiro atoms. The molecule has 0 aliphatic heterocycles. The molecule has 1 saturated carbocycles. The molecule has 0 bridgehead atoms. The molecule has 0 radical (unpaired) electrons. The van der Waals surface area contributed by atoms with E-state index in [2.05, 4.69) is 34.4 Å². The van der Waals surface area contributed by atoms with Gasteiger partial charge in [0.1, 0.15) is 0 Å². The van der Waals surface area contributed by atoms with Gasteiger partial charge in [0, 0.05) is 25.0 Å². The van der Waals surface area contributed by atoms with Crippen LogP contribution in [0.2, 0.25) is 0 Å². The van der Waals surface area contributed by atoms with Gasteiger partial charge >= 0.3 is 0 Å². The lowest BCUT2D eigenvalue weighted by Gasteiger charge is -2.16. The Morgan fingerprint density at radius 2 is 2.00 bits per heavy atom. The van der Waals surface area contributed by atoms with Gasteiger partial charge in [-0.1, -0.05) is 0 Å². The minimum atomic E-state index is 0.856. The minimum absolute atomic E-state index is 0.856. The number of unbranched alkanes of at least 4 members (excludes halogenated alkanes) is 1. The molecule has 2 rings (SSSR count). The van der Waals surface area contributed by atoms with Crippen molar-refractivity contribution in [3.05, 3.63) is 30.1 Å². The van der Waals surface area contributed by atoms with Crippen molar-refractivity contribution in [1.29, 1.82) is 0 Å². The Balaban J connectivity index is 1.47. The second-order valence-corrected chi connectivity index (χ2v) is 5.34. The summed E-state index contributed by atoms with van der Waals surface area (Å²) in [5, 5.41) is 3.56. The first-order valence-electron chi connectivity index (χ1n) is 7.15. The van der Waals surface area contributed by atoms with E-state index in [0.29, 0.717) is 0 Å². The van der Waals surface area contributed by atoms with Crippen molar-refractivity contribution in [3.63, 3.8) is 0 Å². The predicted octanol–water partition coefficient (Wildman–Crippen LogP) is 2.09. The summed E-state index contributed by atoms with van der Waals surface area (Å²) < 4.78 is 0. The molecule has 1 aliphatic rings. The Hall–Kier alpha value is -0.930. The van der Waals surface area contributed by atoms with Crippen LogP contribution >= 0.6 is 0 Å². The number of hydrogen-bond donors (Lipinski definition) is 1. The van der Waals surface area contributed by atoms with Gasteiger partial charge in [-0.05, 0) is 69.9 Å². The molecule has 1 aromatic rings. The van der Waals surface area contributed by atoms with E-state index in [-0.39, 0.29) is 0 Å². The Kier molecular flexibility index (Phi) is 5.62. The molecule has 1 fully saturated rings. The van der Waals surface area contributed by atoms with E-state index in [4.69, 9.17) is 0 Å². The summed E-state index contributed by atoms with van der Waals surface area (Å²) in [6.07, 6.45) is 10.3. The molecular weight excluding hydrogens is 222 g/mol. The molecule has 1 aliphatic carbocycles. The van der Waals surface area contributed by atoms with Crippen LogP contribution in [0, 0.1) is 0 Å². The number of pyridine rings is 1. The summed E-state index contributed by atoms with van der Waals surface area (Å²) in [6, 6.07) is 5.07. The zero-order valence-corrected chi connectivity index (χ0v) is 11.4. The van der Waals surface area contributed by atoms with Gasteiger partial charge in [-0.2, -0.15) is 0 Å². The van der Waals surface area contributed by atoms with Gasteiger partial charge in [-0.25, -0.2) is 0 Å². The van der Waals surface area contributed by atoms with Crippen LogP contribution in [0.15, 0.2) is 24.5 Å². The molecule has 1 heterocycles. The van der Waals surface area contributed by atoms with E-state index in [1.54, 1.807) is 0 Å². The van der Waals surface area contributed by atoms with Crippen molar-refractivity contribution in [1.82, 2.24) is 15.2 Å². The number of hydrogen-bond acceptors (Lipinski definition) is 3. The fraction of sp³-hybridized carbons (Fsp3) is 0.667. The van der Waals surface area contributed by atoms with Crippen LogP contribution in [0.4, 0.5) is 0 Å². The summed E-state index contributed by atoms with van der Waals surface area (Å²) in [7, 11) is 2.22. The second-order valence-electron chi connectivity index (χ2n) is 5.34. The average molecular weight is 247 g/mol. The van der Waals surface area contributed by atoms with Crippen LogP contribution in [-0.2, 0) is 6.42 Å². The Morgan fingerprint density at radius 3 is 2.72 bits per heavy atom. The van der Waals surface area contributed by atoms with Crippen molar-refractivity contribution >= 4 is 0 Å². The predicted molar refractivity (Wildman–Crippen MR) is 75.7 cm³/mol. The van der Waals surface area contributed by atoms with Crippen LogP contribution in [-0.4, -0.2) is 42.6 Å². The van der Waals surface area contributed by atoms with Crippen molar-refractivity contribution in [2.24, 2.45) is 0 Å². The summed E-state index contributed by atoms with van der Waals surface area (Å²) in [5.41, 5.74) is 1.38. The first-order valence-corrected chi connectivity index (χ1v) is 7.15.